The molecule has 0 fully saturated rings. The van der Waals surface area contributed by atoms with Crippen molar-refractivity contribution in [2.45, 2.75) is 27.7 Å². The van der Waals surface area contributed by atoms with Crippen molar-refractivity contribution in [2.75, 3.05) is 0 Å². The Morgan fingerprint density at radius 2 is 2.04 bits per heavy atom. The molecule has 0 aliphatic rings. The Labute approximate surface area is 142 Å². The average Bonchev–Trinajstić information content (AvgIpc) is 3.07. The van der Waals surface area contributed by atoms with E-state index < -0.39 is 0 Å². The van der Waals surface area contributed by atoms with Gasteiger partial charge in [-0.05, 0) is 46.0 Å². The van der Waals surface area contributed by atoms with Crippen molar-refractivity contribution in [3.8, 4) is 5.82 Å². The monoisotopic (exact) mass is 344 g/mol. The molecule has 0 radical (unpaired) electrons. The molecule has 0 atom stereocenters. The molecule has 0 saturated heterocycles. The largest absolute Gasteiger partial charge is 0.360 e. The van der Waals surface area contributed by atoms with E-state index >= 15 is 0 Å². The number of hydrogen-bond donors (Lipinski definition) is 1. The van der Waals surface area contributed by atoms with Crippen LogP contribution in [0.15, 0.2) is 26.6 Å². The highest BCUT2D eigenvalue weighted by molar-refractivity contribution is 7.71. The molecule has 24 heavy (non-hydrogen) atoms. The highest BCUT2D eigenvalue weighted by Crippen LogP contribution is 2.19. The van der Waals surface area contributed by atoms with Crippen molar-refractivity contribution in [1.82, 2.24) is 24.6 Å². The van der Waals surface area contributed by atoms with Gasteiger partial charge in [0, 0.05) is 23.0 Å². The molecule has 124 valence electrons. The van der Waals surface area contributed by atoms with Gasteiger partial charge in [0.2, 0.25) is 4.77 Å². The summed E-state index contributed by atoms with van der Waals surface area (Å²) in [5.74, 6) is 1.44. The van der Waals surface area contributed by atoms with Gasteiger partial charge >= 0.3 is 0 Å². The second kappa shape index (κ2) is 6.00. The average molecular weight is 344 g/mol. The Morgan fingerprint density at radius 3 is 2.71 bits per heavy atom. The van der Waals surface area contributed by atoms with Crippen LogP contribution in [-0.4, -0.2) is 30.8 Å². The molecule has 3 aromatic heterocycles. The third-order valence-electron chi connectivity index (χ3n) is 3.64. The van der Waals surface area contributed by atoms with Gasteiger partial charge in [-0.25, -0.2) is 0 Å². The molecular weight excluding hydrogens is 328 g/mol. The lowest BCUT2D eigenvalue weighted by Gasteiger charge is -2.04. The lowest BCUT2D eigenvalue weighted by atomic mass is 10.3. The van der Waals surface area contributed by atoms with E-state index in [1.807, 2.05) is 37.5 Å². The zero-order valence-electron chi connectivity index (χ0n) is 13.7. The summed E-state index contributed by atoms with van der Waals surface area (Å²) in [6, 6.07) is 3.81. The summed E-state index contributed by atoms with van der Waals surface area (Å²) in [5.41, 5.74) is 2.70. The van der Waals surface area contributed by atoms with Gasteiger partial charge in [0.15, 0.2) is 5.82 Å². The second-order valence-electron chi connectivity index (χ2n) is 5.43. The van der Waals surface area contributed by atoms with Crippen LogP contribution in [0.4, 0.5) is 0 Å². The van der Waals surface area contributed by atoms with E-state index in [1.165, 1.54) is 0 Å². The molecule has 0 saturated carbocycles. The minimum absolute atomic E-state index is 0.141. The van der Waals surface area contributed by atoms with Crippen molar-refractivity contribution < 1.29 is 4.52 Å². The van der Waals surface area contributed by atoms with Gasteiger partial charge in [0.1, 0.15) is 11.5 Å². The fourth-order valence-corrected chi connectivity index (χ4v) is 2.60. The van der Waals surface area contributed by atoms with Crippen LogP contribution in [0, 0.1) is 32.5 Å². The fraction of sp³-hybridized carbons (Fsp3) is 0.267. The summed E-state index contributed by atoms with van der Waals surface area (Å²) in [5, 5.41) is 14.6. The van der Waals surface area contributed by atoms with E-state index in [2.05, 4.69) is 20.5 Å². The van der Waals surface area contributed by atoms with Gasteiger partial charge in [-0.15, -0.1) is 0 Å². The first-order valence-corrected chi connectivity index (χ1v) is 7.64. The lowest BCUT2D eigenvalue weighted by molar-refractivity contribution is 0.394. The maximum absolute atomic E-state index is 12.1. The zero-order chi connectivity index (χ0) is 17.4. The minimum Gasteiger partial charge on any atom is -0.360 e. The number of rotatable bonds is 3. The highest BCUT2D eigenvalue weighted by atomic mass is 32.1. The minimum atomic E-state index is -0.351. The summed E-state index contributed by atoms with van der Waals surface area (Å²) >= 11 is 5.06. The van der Waals surface area contributed by atoms with Gasteiger partial charge in [0.25, 0.3) is 5.56 Å². The summed E-state index contributed by atoms with van der Waals surface area (Å²) in [6.45, 7) is 7.34. The highest BCUT2D eigenvalue weighted by Gasteiger charge is 2.12. The fourth-order valence-electron chi connectivity index (χ4n) is 2.43. The molecule has 0 aromatic carbocycles. The SMILES string of the molecule is Cc1cc(-n2c(C)cc(/C=N\n3c(=S)[nH]nc(C)c3=O)c2C)no1. The standard InChI is InChI=1S/C15H16N6O2S/c1-8-5-12(11(4)20(8)13-6-9(2)23-19-13)7-16-21-14(22)10(3)17-18-15(21)24/h5-7H,1-4H3,(H,18,24)/b16-7-. The number of H-pyrrole nitrogens is 1. The Balaban J connectivity index is 2.05. The number of nitrogens with zero attached hydrogens (tertiary/aromatic N) is 5. The van der Waals surface area contributed by atoms with Gasteiger partial charge in [-0.3, -0.25) is 14.5 Å². The number of aryl methyl sites for hydroxylation is 3. The molecule has 0 aliphatic heterocycles. The van der Waals surface area contributed by atoms with Gasteiger partial charge in [0.05, 0.1) is 6.21 Å². The first-order chi connectivity index (χ1) is 11.4. The first-order valence-electron chi connectivity index (χ1n) is 7.24. The molecule has 0 aliphatic carbocycles. The maximum atomic E-state index is 12.1. The van der Waals surface area contributed by atoms with Crippen LogP contribution in [-0.2, 0) is 0 Å². The summed E-state index contributed by atoms with van der Waals surface area (Å²) in [4.78, 5) is 12.1. The molecule has 8 nitrogen and oxygen atoms in total. The number of aromatic nitrogens is 5. The molecule has 3 rings (SSSR count). The third kappa shape index (κ3) is 2.73. The predicted octanol–water partition coefficient (Wildman–Crippen LogP) is 2.20. The molecule has 0 spiro atoms. The first kappa shape index (κ1) is 16.1. The summed E-state index contributed by atoms with van der Waals surface area (Å²) in [6.07, 6.45) is 1.59. The molecule has 0 amide bonds. The Morgan fingerprint density at radius 1 is 1.29 bits per heavy atom. The van der Waals surface area contributed by atoms with Crippen LogP contribution < -0.4 is 5.56 Å². The van der Waals surface area contributed by atoms with E-state index in [-0.39, 0.29) is 10.3 Å². The normalized spacial score (nSPS) is 11.5. The molecule has 0 bridgehead atoms. The molecule has 9 heteroatoms. The second-order valence-corrected chi connectivity index (χ2v) is 5.82. The quantitative estimate of drug-likeness (QED) is 0.581. The summed E-state index contributed by atoms with van der Waals surface area (Å²) in [7, 11) is 0. The third-order valence-corrected chi connectivity index (χ3v) is 3.90. The van der Waals surface area contributed by atoms with Crippen LogP contribution in [0.1, 0.15) is 28.4 Å². The van der Waals surface area contributed by atoms with Crippen molar-refractivity contribution in [2.24, 2.45) is 5.10 Å². The maximum Gasteiger partial charge on any atom is 0.296 e. The molecule has 3 aromatic rings. The molecule has 3 heterocycles. The smallest absolute Gasteiger partial charge is 0.296 e. The number of nitrogens with one attached hydrogen (secondary N) is 1. The van der Waals surface area contributed by atoms with E-state index in [9.17, 15) is 4.79 Å². The van der Waals surface area contributed by atoms with E-state index in [4.69, 9.17) is 16.7 Å². The lowest BCUT2D eigenvalue weighted by Crippen LogP contribution is -2.22. The molecular formula is C15H16N6O2S. The zero-order valence-corrected chi connectivity index (χ0v) is 14.5. The van der Waals surface area contributed by atoms with Gasteiger partial charge in [-0.1, -0.05) is 5.16 Å². The Kier molecular flexibility index (Phi) is 4.02. The van der Waals surface area contributed by atoms with Crippen molar-refractivity contribution in [1.29, 1.82) is 0 Å². The Bertz CT molecular complexity index is 1050. The van der Waals surface area contributed by atoms with Crippen molar-refractivity contribution in [3.05, 3.63) is 55.7 Å². The van der Waals surface area contributed by atoms with E-state index in [1.54, 1.807) is 13.1 Å². The van der Waals surface area contributed by atoms with Crippen LogP contribution >= 0.6 is 12.2 Å². The molecule has 0 unspecified atom stereocenters. The van der Waals surface area contributed by atoms with E-state index in [0.717, 1.165) is 27.4 Å². The van der Waals surface area contributed by atoms with Gasteiger partial charge < -0.3 is 4.52 Å². The predicted molar refractivity (Wildman–Crippen MR) is 91.5 cm³/mol. The van der Waals surface area contributed by atoms with Crippen LogP contribution in [0.25, 0.3) is 5.82 Å². The van der Waals surface area contributed by atoms with Crippen LogP contribution in [0.3, 0.4) is 0 Å². The topological polar surface area (TPSA) is 94.0 Å². The van der Waals surface area contributed by atoms with Crippen molar-refractivity contribution >= 4 is 18.4 Å². The molecule has 1 N–H and O–H groups in total. The van der Waals surface area contributed by atoms with Gasteiger partial charge in [-0.2, -0.15) is 14.9 Å². The van der Waals surface area contributed by atoms with Crippen LogP contribution in [0.5, 0.6) is 0 Å². The van der Waals surface area contributed by atoms with Crippen LogP contribution in [0.2, 0.25) is 0 Å². The van der Waals surface area contributed by atoms with Crippen molar-refractivity contribution in [3.63, 3.8) is 0 Å². The summed E-state index contributed by atoms with van der Waals surface area (Å²) < 4.78 is 8.35. The number of hydrogen-bond acceptors (Lipinski definition) is 6. The van der Waals surface area contributed by atoms with E-state index in [0.29, 0.717) is 11.5 Å². The number of aromatic amines is 1. The Hall–Kier alpha value is -2.81.